The molecule has 1 atom stereocenters. The normalized spacial score (nSPS) is 12.7. The van der Waals surface area contributed by atoms with Gasteiger partial charge in [-0.05, 0) is 43.0 Å². The van der Waals surface area contributed by atoms with E-state index >= 15 is 0 Å². The molecule has 0 aromatic heterocycles. The molecule has 146 valence electrons. The highest BCUT2D eigenvalue weighted by Crippen LogP contribution is 2.28. The van der Waals surface area contributed by atoms with Gasteiger partial charge in [0.05, 0.1) is 18.2 Å². The fourth-order valence-corrected chi connectivity index (χ4v) is 2.57. The smallest absolute Gasteiger partial charge is 0.253 e. The van der Waals surface area contributed by atoms with Gasteiger partial charge in [-0.3, -0.25) is 19.3 Å². The molecule has 0 bridgehead atoms. The molecule has 2 rings (SSSR count). The highest BCUT2D eigenvalue weighted by atomic mass is 16.2. The largest absolute Gasteiger partial charge is 0.377 e. The van der Waals surface area contributed by atoms with E-state index in [0.29, 0.717) is 5.56 Å². The minimum Gasteiger partial charge on any atom is -0.377 e. The molecule has 6 nitrogen and oxygen atoms in total. The van der Waals surface area contributed by atoms with Crippen LogP contribution in [0.1, 0.15) is 45.7 Å². The van der Waals surface area contributed by atoms with Crippen LogP contribution in [0.4, 0.5) is 11.4 Å². The summed E-state index contributed by atoms with van der Waals surface area (Å²) in [6.45, 7) is 9.83. The monoisotopic (exact) mass is 379 g/mol. The molecule has 0 aliphatic carbocycles. The van der Waals surface area contributed by atoms with Gasteiger partial charge < -0.3 is 5.32 Å². The van der Waals surface area contributed by atoms with Crippen molar-refractivity contribution in [2.45, 2.75) is 47.2 Å². The molecule has 0 aliphatic heterocycles. The van der Waals surface area contributed by atoms with E-state index in [1.54, 1.807) is 37.3 Å². The molecule has 6 heteroatoms. The predicted molar refractivity (Wildman–Crippen MR) is 111 cm³/mol. The fourth-order valence-electron chi connectivity index (χ4n) is 2.57. The Morgan fingerprint density at radius 2 is 1.82 bits per heavy atom. The topological polar surface area (TPSA) is 90.3 Å². The second-order valence-electron chi connectivity index (χ2n) is 7.85. The molecule has 0 heterocycles. The van der Waals surface area contributed by atoms with Crippen molar-refractivity contribution in [3.63, 3.8) is 0 Å². The van der Waals surface area contributed by atoms with Crippen LogP contribution in [0.25, 0.3) is 0 Å². The molecule has 2 aromatic carbocycles. The third-order valence-electron chi connectivity index (χ3n) is 4.81. The van der Waals surface area contributed by atoms with Crippen LogP contribution in [0.15, 0.2) is 46.0 Å². The van der Waals surface area contributed by atoms with E-state index in [0.717, 1.165) is 5.56 Å². The Labute approximate surface area is 164 Å². The van der Waals surface area contributed by atoms with Crippen molar-refractivity contribution in [1.82, 2.24) is 0 Å². The summed E-state index contributed by atoms with van der Waals surface area (Å²) in [7, 11) is 0. The number of nitrogens with zero attached hydrogens (tertiary/aromatic N) is 2. The fraction of sp³-hybridized carbons (Fsp3) is 0.364. The molecule has 28 heavy (non-hydrogen) atoms. The van der Waals surface area contributed by atoms with Gasteiger partial charge in [-0.25, -0.2) is 0 Å². The average molecular weight is 379 g/mol. The van der Waals surface area contributed by atoms with E-state index in [1.165, 1.54) is 11.0 Å². The number of carbonyl (C=O) groups is 1. The van der Waals surface area contributed by atoms with Gasteiger partial charge in [-0.1, -0.05) is 39.0 Å². The molecule has 0 saturated carbocycles. The van der Waals surface area contributed by atoms with Gasteiger partial charge in [0, 0.05) is 6.04 Å². The maximum atomic E-state index is 12.6. The standard InChI is InChI=1S/C22H25N3O3/c1-6-7-17(26)25(13-16-10-8-15(12-23)9-11-16)19-18(20(27)21(19)28)24-14(2)22(3,4)5/h6-11,14,24H,13H2,1-5H3. The van der Waals surface area contributed by atoms with Gasteiger partial charge in [0.25, 0.3) is 16.8 Å². The van der Waals surface area contributed by atoms with Gasteiger partial charge in [-0.2, -0.15) is 5.26 Å². The number of carbonyl (C=O) groups excluding carboxylic acids is 1. The summed E-state index contributed by atoms with van der Waals surface area (Å²) in [5.74, 6) is -0.384. The molecule has 0 radical (unpaired) electrons. The number of hydrogen-bond donors (Lipinski definition) is 1. The quantitative estimate of drug-likeness (QED) is 0.615. The van der Waals surface area contributed by atoms with Crippen LogP contribution >= 0.6 is 0 Å². The number of amides is 1. The van der Waals surface area contributed by atoms with Gasteiger partial charge in [0.15, 0.2) is 0 Å². The number of rotatable bonds is 6. The molecular formula is C22H25N3O3. The molecular weight excluding hydrogens is 354 g/mol. The lowest BCUT2D eigenvalue weighted by Gasteiger charge is -2.32. The van der Waals surface area contributed by atoms with Gasteiger partial charge in [0.1, 0.15) is 11.4 Å². The number of nitriles is 1. The molecule has 0 aliphatic rings. The zero-order valence-corrected chi connectivity index (χ0v) is 16.9. The van der Waals surface area contributed by atoms with Crippen molar-refractivity contribution < 1.29 is 4.79 Å². The second-order valence-corrected chi connectivity index (χ2v) is 7.85. The van der Waals surface area contributed by atoms with E-state index in [2.05, 4.69) is 5.32 Å². The van der Waals surface area contributed by atoms with Crippen LogP contribution in [0.5, 0.6) is 0 Å². The van der Waals surface area contributed by atoms with E-state index in [1.807, 2.05) is 33.8 Å². The summed E-state index contributed by atoms with van der Waals surface area (Å²) < 4.78 is 0. The summed E-state index contributed by atoms with van der Waals surface area (Å²) >= 11 is 0. The Kier molecular flexibility index (Phi) is 6.19. The minimum atomic E-state index is -0.671. The van der Waals surface area contributed by atoms with Crippen molar-refractivity contribution >= 4 is 17.3 Å². The number of nitrogens with one attached hydrogen (secondary N) is 1. The lowest BCUT2D eigenvalue weighted by Crippen LogP contribution is -2.46. The number of hydrogen-bond acceptors (Lipinski definition) is 5. The number of benzene rings is 1. The first-order valence-electron chi connectivity index (χ1n) is 9.13. The number of allylic oxidation sites excluding steroid dienone is 1. The molecule has 1 N–H and O–H groups in total. The summed E-state index contributed by atoms with van der Waals surface area (Å²) in [6.07, 6.45) is 2.95. The van der Waals surface area contributed by atoms with Crippen molar-refractivity contribution in [2.24, 2.45) is 5.41 Å². The van der Waals surface area contributed by atoms with Crippen molar-refractivity contribution in [1.29, 1.82) is 5.26 Å². The van der Waals surface area contributed by atoms with Crippen LogP contribution in [0, 0.1) is 16.7 Å². The SMILES string of the molecule is CC=CC(=O)N(Cc1ccc(C#N)cc1)c1c(NC(C)C(C)(C)C)c(=O)c1=O. The van der Waals surface area contributed by atoms with Crippen LogP contribution in [0.3, 0.4) is 0 Å². The van der Waals surface area contributed by atoms with Crippen LogP contribution in [-0.4, -0.2) is 11.9 Å². The van der Waals surface area contributed by atoms with Gasteiger partial charge >= 0.3 is 0 Å². The Bertz CT molecular complexity index is 998. The second kappa shape index (κ2) is 8.22. The third-order valence-corrected chi connectivity index (χ3v) is 4.81. The summed E-state index contributed by atoms with van der Waals surface area (Å²) in [6, 6.07) is 8.71. The molecule has 0 fully saturated rings. The first-order valence-corrected chi connectivity index (χ1v) is 9.13. The van der Waals surface area contributed by atoms with Crippen molar-refractivity contribution in [3.8, 4) is 6.07 Å². The van der Waals surface area contributed by atoms with Crippen molar-refractivity contribution in [2.75, 3.05) is 10.2 Å². The minimum absolute atomic E-state index is 0.0804. The zero-order chi connectivity index (χ0) is 21.1. The molecule has 1 unspecified atom stereocenters. The average Bonchev–Trinajstić information content (AvgIpc) is 2.66. The summed E-state index contributed by atoms with van der Waals surface area (Å²) in [5, 5.41) is 12.0. The molecule has 2 aromatic rings. The summed E-state index contributed by atoms with van der Waals surface area (Å²) in [5.41, 5.74) is 0.111. The maximum Gasteiger partial charge on any atom is 0.253 e. The zero-order valence-electron chi connectivity index (χ0n) is 16.9. The Balaban J connectivity index is 2.43. The first kappa shape index (κ1) is 21.1. The highest BCUT2D eigenvalue weighted by Gasteiger charge is 2.31. The van der Waals surface area contributed by atoms with Crippen LogP contribution in [0.2, 0.25) is 0 Å². The van der Waals surface area contributed by atoms with E-state index in [-0.39, 0.29) is 35.3 Å². The van der Waals surface area contributed by atoms with Gasteiger partial charge in [0.2, 0.25) is 0 Å². The Hall–Kier alpha value is -3.20. The lowest BCUT2D eigenvalue weighted by atomic mass is 9.87. The van der Waals surface area contributed by atoms with Crippen molar-refractivity contribution in [3.05, 3.63) is 68.0 Å². The lowest BCUT2D eigenvalue weighted by molar-refractivity contribution is -0.114. The maximum absolute atomic E-state index is 12.6. The van der Waals surface area contributed by atoms with Crippen LogP contribution < -0.4 is 21.1 Å². The van der Waals surface area contributed by atoms with Crippen LogP contribution in [-0.2, 0) is 11.3 Å². The number of anilines is 2. The highest BCUT2D eigenvalue weighted by molar-refractivity contribution is 6.04. The Morgan fingerprint density at radius 3 is 2.32 bits per heavy atom. The van der Waals surface area contributed by atoms with Gasteiger partial charge in [-0.15, -0.1) is 0 Å². The predicted octanol–water partition coefficient (Wildman–Crippen LogP) is 3.11. The summed E-state index contributed by atoms with van der Waals surface area (Å²) in [4.78, 5) is 38.5. The van der Waals surface area contributed by atoms with E-state index < -0.39 is 10.9 Å². The Morgan fingerprint density at radius 1 is 1.21 bits per heavy atom. The first-order chi connectivity index (χ1) is 13.1. The molecule has 0 spiro atoms. The van der Waals surface area contributed by atoms with E-state index in [4.69, 9.17) is 5.26 Å². The molecule has 0 saturated heterocycles. The van der Waals surface area contributed by atoms with E-state index in [9.17, 15) is 14.4 Å². The molecule has 1 amide bonds. The third kappa shape index (κ3) is 4.37.